The van der Waals surface area contributed by atoms with Crippen molar-refractivity contribution in [2.45, 2.75) is 52.6 Å². The molecule has 0 N–H and O–H groups in total. The van der Waals surface area contributed by atoms with E-state index in [0.717, 1.165) is 24.2 Å². The third-order valence-corrected chi connectivity index (χ3v) is 3.60. The summed E-state index contributed by atoms with van der Waals surface area (Å²) in [5.41, 5.74) is 1.51. The van der Waals surface area contributed by atoms with Crippen molar-refractivity contribution in [1.29, 1.82) is 0 Å². The van der Waals surface area contributed by atoms with Crippen LogP contribution in [-0.4, -0.2) is 16.5 Å². The molecule has 1 aromatic rings. The van der Waals surface area contributed by atoms with Gasteiger partial charge in [-0.25, -0.2) is 9.98 Å². The molecule has 102 valence electrons. The molecule has 19 heavy (non-hydrogen) atoms. The van der Waals surface area contributed by atoms with Crippen LogP contribution in [0.1, 0.15) is 51.9 Å². The fourth-order valence-electron chi connectivity index (χ4n) is 1.86. The van der Waals surface area contributed by atoms with Crippen molar-refractivity contribution >= 4 is 5.84 Å². The minimum absolute atomic E-state index is 0.331. The van der Waals surface area contributed by atoms with E-state index in [1.54, 1.807) is 0 Å². The van der Waals surface area contributed by atoms with E-state index in [2.05, 4.69) is 47.0 Å². The van der Waals surface area contributed by atoms with E-state index in [4.69, 9.17) is 0 Å². The minimum atomic E-state index is -0.434. The lowest BCUT2D eigenvalue weighted by atomic mass is 10.0. The second kappa shape index (κ2) is 5.59. The van der Waals surface area contributed by atoms with Crippen LogP contribution in [0.2, 0.25) is 0 Å². The Hall–Kier alpha value is -1.58. The first-order chi connectivity index (χ1) is 9.05. The van der Waals surface area contributed by atoms with E-state index in [-0.39, 0.29) is 0 Å². The van der Waals surface area contributed by atoms with Gasteiger partial charge in [0.25, 0.3) is 0 Å². The van der Waals surface area contributed by atoms with Gasteiger partial charge in [-0.05, 0) is 31.9 Å². The van der Waals surface area contributed by atoms with Crippen LogP contribution >= 0.6 is 0 Å². The predicted octanol–water partition coefficient (Wildman–Crippen LogP) is 4.01. The molecule has 0 bridgehead atoms. The molecule has 0 aromatic carbocycles. The average molecular weight is 258 g/mol. The van der Waals surface area contributed by atoms with Crippen molar-refractivity contribution in [2.75, 3.05) is 0 Å². The Morgan fingerprint density at radius 1 is 1.26 bits per heavy atom. The van der Waals surface area contributed by atoms with E-state index < -0.39 is 5.66 Å². The maximum Gasteiger partial charge on any atom is 0.197 e. The van der Waals surface area contributed by atoms with Gasteiger partial charge in [-0.15, -0.1) is 5.11 Å². The van der Waals surface area contributed by atoms with E-state index in [9.17, 15) is 0 Å². The summed E-state index contributed by atoms with van der Waals surface area (Å²) in [5, 5.41) is 8.51. The Morgan fingerprint density at radius 3 is 2.68 bits per heavy atom. The zero-order chi connectivity index (χ0) is 13.9. The van der Waals surface area contributed by atoms with Crippen LogP contribution in [0.3, 0.4) is 0 Å². The van der Waals surface area contributed by atoms with Gasteiger partial charge in [-0.3, -0.25) is 0 Å². The predicted molar refractivity (Wildman–Crippen MR) is 77.5 cm³/mol. The number of nitrogens with zero attached hydrogens (tertiary/aromatic N) is 4. The molecule has 0 radical (unpaired) electrons. The summed E-state index contributed by atoms with van der Waals surface area (Å²) in [6.07, 6.45) is 3.35. The molecule has 4 heteroatoms. The van der Waals surface area contributed by atoms with Gasteiger partial charge in [0, 0.05) is 11.6 Å². The number of aryl methyl sites for hydroxylation is 1. The molecule has 0 aliphatic carbocycles. The molecule has 1 unspecified atom stereocenters. The molecule has 1 aliphatic heterocycles. The van der Waals surface area contributed by atoms with Crippen LogP contribution in [0.4, 0.5) is 0 Å². The molecule has 2 heterocycles. The van der Waals surface area contributed by atoms with Crippen molar-refractivity contribution in [3.63, 3.8) is 0 Å². The lowest BCUT2D eigenvalue weighted by Crippen LogP contribution is -2.24. The van der Waals surface area contributed by atoms with Crippen LogP contribution in [-0.2, 0) is 6.42 Å². The highest BCUT2D eigenvalue weighted by molar-refractivity contribution is 5.98. The van der Waals surface area contributed by atoms with Crippen LogP contribution in [0.5, 0.6) is 0 Å². The molecular weight excluding hydrogens is 236 g/mol. The molecule has 2 rings (SSSR count). The maximum absolute atomic E-state index is 4.63. The van der Waals surface area contributed by atoms with Crippen LogP contribution in [0, 0.1) is 5.92 Å². The second-order valence-corrected chi connectivity index (χ2v) is 5.50. The van der Waals surface area contributed by atoms with Gasteiger partial charge in [0.1, 0.15) is 5.69 Å². The summed E-state index contributed by atoms with van der Waals surface area (Å²) >= 11 is 0. The van der Waals surface area contributed by atoms with Crippen molar-refractivity contribution in [2.24, 2.45) is 21.1 Å². The average Bonchev–Trinajstić information content (AvgIpc) is 2.81. The standard InChI is InChI=1S/C15H22N4/c1-5-6-8-12-9-7-10-13(16-12)14-17-15(4,11(2)3)19-18-14/h7,9-11H,5-6,8H2,1-4H3. The molecule has 0 saturated carbocycles. The number of hydrogen-bond acceptors (Lipinski definition) is 4. The first-order valence-electron chi connectivity index (χ1n) is 7.04. The summed E-state index contributed by atoms with van der Waals surface area (Å²) in [4.78, 5) is 9.26. The number of aromatic nitrogens is 1. The van der Waals surface area contributed by atoms with Crippen LogP contribution in [0.15, 0.2) is 33.4 Å². The highest BCUT2D eigenvalue weighted by Crippen LogP contribution is 2.29. The Morgan fingerprint density at radius 2 is 2.05 bits per heavy atom. The first kappa shape index (κ1) is 13.8. The second-order valence-electron chi connectivity index (χ2n) is 5.50. The summed E-state index contributed by atoms with van der Waals surface area (Å²) in [6.45, 7) is 8.41. The van der Waals surface area contributed by atoms with Crippen molar-refractivity contribution in [3.05, 3.63) is 29.6 Å². The molecule has 0 spiro atoms. The Balaban J connectivity index is 2.22. The van der Waals surface area contributed by atoms with Gasteiger partial charge in [0.05, 0.1) is 0 Å². The highest BCUT2D eigenvalue weighted by atomic mass is 15.3. The molecule has 1 atom stereocenters. The number of hydrogen-bond donors (Lipinski definition) is 0. The molecular formula is C15H22N4. The van der Waals surface area contributed by atoms with Crippen molar-refractivity contribution < 1.29 is 0 Å². The number of amidine groups is 1. The molecule has 0 fully saturated rings. The van der Waals surface area contributed by atoms with E-state index in [0.29, 0.717) is 11.8 Å². The van der Waals surface area contributed by atoms with Crippen LogP contribution < -0.4 is 0 Å². The van der Waals surface area contributed by atoms with E-state index >= 15 is 0 Å². The number of unbranched alkanes of at least 4 members (excludes halogenated alkanes) is 1. The third kappa shape index (κ3) is 3.06. The van der Waals surface area contributed by atoms with Gasteiger partial charge in [-0.1, -0.05) is 33.3 Å². The zero-order valence-corrected chi connectivity index (χ0v) is 12.2. The van der Waals surface area contributed by atoms with Crippen molar-refractivity contribution in [3.8, 4) is 0 Å². The van der Waals surface area contributed by atoms with Gasteiger partial charge in [0.15, 0.2) is 11.5 Å². The lowest BCUT2D eigenvalue weighted by Gasteiger charge is -2.19. The Bertz CT molecular complexity index is 505. The monoisotopic (exact) mass is 258 g/mol. The summed E-state index contributed by atoms with van der Waals surface area (Å²) in [5.74, 6) is 0.992. The summed E-state index contributed by atoms with van der Waals surface area (Å²) in [6, 6.07) is 6.04. The molecule has 1 aliphatic rings. The van der Waals surface area contributed by atoms with E-state index in [1.165, 1.54) is 6.42 Å². The Kier molecular flexibility index (Phi) is 4.08. The largest absolute Gasteiger partial charge is 0.249 e. The summed E-state index contributed by atoms with van der Waals surface area (Å²) < 4.78 is 0. The molecule has 0 saturated heterocycles. The number of pyridine rings is 1. The number of aliphatic imine (C=N–C) groups is 1. The number of azo groups is 1. The smallest absolute Gasteiger partial charge is 0.197 e. The summed E-state index contributed by atoms with van der Waals surface area (Å²) in [7, 11) is 0. The first-order valence-corrected chi connectivity index (χ1v) is 7.04. The SMILES string of the molecule is CCCCc1cccc(C2=NC(C)(C(C)C)N=N2)n1. The van der Waals surface area contributed by atoms with Gasteiger partial charge in [0.2, 0.25) is 0 Å². The zero-order valence-electron chi connectivity index (χ0n) is 12.2. The van der Waals surface area contributed by atoms with Gasteiger partial charge in [-0.2, -0.15) is 5.11 Å². The van der Waals surface area contributed by atoms with Crippen LogP contribution in [0.25, 0.3) is 0 Å². The van der Waals surface area contributed by atoms with E-state index in [1.807, 2.05) is 19.1 Å². The fourth-order valence-corrected chi connectivity index (χ4v) is 1.86. The molecule has 0 amide bonds. The topological polar surface area (TPSA) is 50.0 Å². The van der Waals surface area contributed by atoms with Gasteiger partial charge < -0.3 is 0 Å². The maximum atomic E-state index is 4.63. The van der Waals surface area contributed by atoms with Crippen molar-refractivity contribution in [1.82, 2.24) is 4.98 Å². The Labute approximate surface area is 115 Å². The number of rotatable bonds is 5. The quantitative estimate of drug-likeness (QED) is 0.787. The fraction of sp³-hybridized carbons (Fsp3) is 0.600. The third-order valence-electron chi connectivity index (χ3n) is 3.60. The normalized spacial score (nSPS) is 22.1. The minimum Gasteiger partial charge on any atom is -0.249 e. The molecule has 1 aromatic heterocycles. The van der Waals surface area contributed by atoms with Gasteiger partial charge >= 0.3 is 0 Å². The lowest BCUT2D eigenvalue weighted by molar-refractivity contribution is 0.357. The highest BCUT2D eigenvalue weighted by Gasteiger charge is 2.32. The molecule has 4 nitrogen and oxygen atoms in total.